The van der Waals surface area contributed by atoms with E-state index in [0.29, 0.717) is 11.6 Å². The van der Waals surface area contributed by atoms with Crippen molar-refractivity contribution in [2.45, 2.75) is 18.9 Å². The number of nitrogens with two attached hydrogens (primary N) is 2. The summed E-state index contributed by atoms with van der Waals surface area (Å²) in [5.41, 5.74) is 12.4. The van der Waals surface area contributed by atoms with Gasteiger partial charge in [-0.3, -0.25) is 0 Å². The Morgan fingerprint density at radius 2 is 2.14 bits per heavy atom. The van der Waals surface area contributed by atoms with Gasteiger partial charge in [-0.25, -0.2) is 0 Å². The second kappa shape index (κ2) is 5.71. The predicted octanol–water partition coefficient (Wildman–Crippen LogP) is 2.84. The third kappa shape index (κ3) is 3.24. The van der Waals surface area contributed by atoms with Crippen LogP contribution in [-0.4, -0.2) is 6.54 Å². The Labute approximate surface area is 97.7 Å². The summed E-state index contributed by atoms with van der Waals surface area (Å²) in [6.07, 6.45) is 1.80. The summed E-state index contributed by atoms with van der Waals surface area (Å²) in [7, 11) is 0. The van der Waals surface area contributed by atoms with Gasteiger partial charge in [-0.05, 0) is 37.1 Å². The van der Waals surface area contributed by atoms with E-state index in [1.54, 1.807) is 0 Å². The molecule has 2 nitrogen and oxygen atoms in total. The van der Waals surface area contributed by atoms with Gasteiger partial charge >= 0.3 is 0 Å². The van der Waals surface area contributed by atoms with E-state index in [1.165, 1.54) is 0 Å². The Bertz CT molecular complexity index is 304. The molecule has 4 heteroatoms. The lowest BCUT2D eigenvalue weighted by Gasteiger charge is -2.13. The van der Waals surface area contributed by atoms with Crippen LogP contribution in [0.25, 0.3) is 0 Å². The standard InChI is InChI=1S/C10H14BrClN2/c11-7-3-4-8(9(12)6-7)10(14)2-1-5-13/h3-4,6,10H,1-2,5,13-14H2/t10-/m0/s1. The third-order valence-electron chi connectivity index (χ3n) is 2.08. The largest absolute Gasteiger partial charge is 0.330 e. The Morgan fingerprint density at radius 1 is 1.43 bits per heavy atom. The molecule has 0 aliphatic rings. The summed E-state index contributed by atoms with van der Waals surface area (Å²) in [4.78, 5) is 0. The Kier molecular flexibility index (Phi) is 4.89. The number of hydrogen-bond acceptors (Lipinski definition) is 2. The van der Waals surface area contributed by atoms with Crippen LogP contribution in [-0.2, 0) is 0 Å². The van der Waals surface area contributed by atoms with Crippen LogP contribution in [0, 0.1) is 0 Å². The first kappa shape index (κ1) is 12.0. The van der Waals surface area contributed by atoms with Crippen molar-refractivity contribution in [3.8, 4) is 0 Å². The van der Waals surface area contributed by atoms with Crippen LogP contribution < -0.4 is 11.5 Å². The maximum absolute atomic E-state index is 6.06. The van der Waals surface area contributed by atoms with E-state index in [4.69, 9.17) is 23.1 Å². The van der Waals surface area contributed by atoms with Crippen molar-refractivity contribution in [3.05, 3.63) is 33.3 Å². The molecule has 0 saturated carbocycles. The molecule has 0 spiro atoms. The van der Waals surface area contributed by atoms with Gasteiger partial charge in [0, 0.05) is 15.5 Å². The van der Waals surface area contributed by atoms with Crippen molar-refractivity contribution >= 4 is 27.5 Å². The fourth-order valence-corrected chi connectivity index (χ4v) is 2.11. The van der Waals surface area contributed by atoms with Gasteiger partial charge in [0.15, 0.2) is 0 Å². The summed E-state index contributed by atoms with van der Waals surface area (Å²) in [6.45, 7) is 0.668. The maximum atomic E-state index is 6.06. The van der Waals surface area contributed by atoms with Crippen LogP contribution in [0.5, 0.6) is 0 Å². The van der Waals surface area contributed by atoms with E-state index in [9.17, 15) is 0 Å². The zero-order valence-corrected chi connectivity index (χ0v) is 10.2. The minimum atomic E-state index is -0.0147. The van der Waals surface area contributed by atoms with Gasteiger partial charge in [0.05, 0.1) is 0 Å². The van der Waals surface area contributed by atoms with E-state index in [0.717, 1.165) is 22.9 Å². The SMILES string of the molecule is NCCC[C@H](N)c1ccc(Br)cc1Cl. The van der Waals surface area contributed by atoms with Gasteiger partial charge in [-0.15, -0.1) is 0 Å². The average molecular weight is 278 g/mol. The molecule has 1 atom stereocenters. The predicted molar refractivity (Wildman–Crippen MR) is 64.4 cm³/mol. The zero-order valence-electron chi connectivity index (χ0n) is 7.84. The highest BCUT2D eigenvalue weighted by Crippen LogP contribution is 2.27. The highest BCUT2D eigenvalue weighted by Gasteiger charge is 2.09. The molecule has 0 fully saturated rings. The topological polar surface area (TPSA) is 52.0 Å². The molecule has 0 radical (unpaired) electrons. The molecule has 0 saturated heterocycles. The highest BCUT2D eigenvalue weighted by atomic mass is 79.9. The van der Waals surface area contributed by atoms with Crippen LogP contribution in [0.3, 0.4) is 0 Å². The van der Waals surface area contributed by atoms with Crippen molar-refractivity contribution in [1.29, 1.82) is 0 Å². The lowest BCUT2D eigenvalue weighted by atomic mass is 10.0. The summed E-state index contributed by atoms with van der Waals surface area (Å²) < 4.78 is 0.970. The molecule has 0 aromatic heterocycles. The number of rotatable bonds is 4. The van der Waals surface area contributed by atoms with Crippen LogP contribution in [0.15, 0.2) is 22.7 Å². The van der Waals surface area contributed by atoms with Crippen molar-refractivity contribution < 1.29 is 0 Å². The molecule has 0 heterocycles. The van der Waals surface area contributed by atoms with E-state index in [-0.39, 0.29) is 6.04 Å². The van der Waals surface area contributed by atoms with E-state index in [1.807, 2.05) is 18.2 Å². The first-order chi connectivity index (χ1) is 6.65. The van der Waals surface area contributed by atoms with Crippen molar-refractivity contribution in [2.24, 2.45) is 11.5 Å². The Hall–Kier alpha value is -0.0900. The minimum absolute atomic E-state index is 0.0147. The van der Waals surface area contributed by atoms with Crippen molar-refractivity contribution in [2.75, 3.05) is 6.54 Å². The molecule has 14 heavy (non-hydrogen) atoms. The summed E-state index contributed by atoms with van der Waals surface area (Å²) >= 11 is 9.41. The fraction of sp³-hybridized carbons (Fsp3) is 0.400. The second-order valence-electron chi connectivity index (χ2n) is 3.20. The maximum Gasteiger partial charge on any atom is 0.0464 e. The molecule has 1 rings (SSSR count). The third-order valence-corrected chi connectivity index (χ3v) is 2.90. The monoisotopic (exact) mass is 276 g/mol. The molecule has 4 N–H and O–H groups in total. The van der Waals surface area contributed by atoms with Gasteiger partial charge < -0.3 is 11.5 Å². The molecule has 1 aromatic rings. The Balaban J connectivity index is 2.74. The molecule has 0 unspecified atom stereocenters. The molecule has 78 valence electrons. The van der Waals surface area contributed by atoms with Crippen LogP contribution in [0.2, 0.25) is 5.02 Å². The van der Waals surface area contributed by atoms with Crippen LogP contribution >= 0.6 is 27.5 Å². The Morgan fingerprint density at radius 3 is 2.71 bits per heavy atom. The smallest absolute Gasteiger partial charge is 0.0464 e. The van der Waals surface area contributed by atoms with Gasteiger partial charge in [-0.1, -0.05) is 33.6 Å². The molecule has 1 aromatic carbocycles. The first-order valence-electron chi connectivity index (χ1n) is 4.55. The van der Waals surface area contributed by atoms with Gasteiger partial charge in [-0.2, -0.15) is 0 Å². The number of benzene rings is 1. The fourth-order valence-electron chi connectivity index (χ4n) is 1.30. The first-order valence-corrected chi connectivity index (χ1v) is 5.73. The molecule has 0 amide bonds. The lowest BCUT2D eigenvalue weighted by molar-refractivity contribution is 0.618. The molecule has 0 aliphatic carbocycles. The zero-order chi connectivity index (χ0) is 10.6. The summed E-state index contributed by atoms with van der Waals surface area (Å²) in [5, 5.41) is 0.712. The van der Waals surface area contributed by atoms with Gasteiger partial charge in [0.1, 0.15) is 0 Å². The molecule has 0 aliphatic heterocycles. The van der Waals surface area contributed by atoms with E-state index in [2.05, 4.69) is 15.9 Å². The average Bonchev–Trinajstić information content (AvgIpc) is 2.14. The van der Waals surface area contributed by atoms with Crippen molar-refractivity contribution in [1.82, 2.24) is 0 Å². The van der Waals surface area contributed by atoms with Crippen molar-refractivity contribution in [3.63, 3.8) is 0 Å². The molecule has 0 bridgehead atoms. The van der Waals surface area contributed by atoms with Crippen LogP contribution in [0.1, 0.15) is 24.4 Å². The number of halogens is 2. The minimum Gasteiger partial charge on any atom is -0.330 e. The van der Waals surface area contributed by atoms with E-state index < -0.39 is 0 Å². The van der Waals surface area contributed by atoms with Gasteiger partial charge in [0.2, 0.25) is 0 Å². The quantitative estimate of drug-likeness (QED) is 0.889. The normalized spacial score (nSPS) is 12.9. The van der Waals surface area contributed by atoms with E-state index >= 15 is 0 Å². The number of hydrogen-bond donors (Lipinski definition) is 2. The second-order valence-corrected chi connectivity index (χ2v) is 4.53. The van der Waals surface area contributed by atoms with Crippen LogP contribution in [0.4, 0.5) is 0 Å². The summed E-state index contributed by atoms with van der Waals surface area (Å²) in [6, 6.07) is 5.75. The highest BCUT2D eigenvalue weighted by molar-refractivity contribution is 9.10. The molecular weight excluding hydrogens is 263 g/mol. The summed E-state index contributed by atoms with van der Waals surface area (Å²) in [5.74, 6) is 0. The molecular formula is C10H14BrClN2. The lowest BCUT2D eigenvalue weighted by Crippen LogP contribution is -2.12. The van der Waals surface area contributed by atoms with Gasteiger partial charge in [0.25, 0.3) is 0 Å².